The fourth-order valence-corrected chi connectivity index (χ4v) is 2.40. The summed E-state index contributed by atoms with van der Waals surface area (Å²) in [5.41, 5.74) is 1.35. The van der Waals surface area contributed by atoms with Crippen LogP contribution in [0.1, 0.15) is 18.0 Å². The van der Waals surface area contributed by atoms with Crippen LogP contribution in [0.2, 0.25) is 0 Å². The molecule has 0 aliphatic carbocycles. The number of nitro benzene ring substituents is 1. The Labute approximate surface area is 139 Å². The van der Waals surface area contributed by atoms with Crippen LogP contribution in [0, 0.1) is 10.1 Å². The average molecular weight is 329 g/mol. The van der Waals surface area contributed by atoms with E-state index in [1.54, 1.807) is 7.05 Å². The van der Waals surface area contributed by atoms with Gasteiger partial charge in [-0.15, -0.1) is 0 Å². The summed E-state index contributed by atoms with van der Waals surface area (Å²) in [6.07, 6.45) is 0.411. The van der Waals surface area contributed by atoms with Gasteiger partial charge >= 0.3 is 6.03 Å². The number of benzene rings is 2. The number of aliphatic hydroxyl groups excluding tert-OH is 1. The Bertz CT molecular complexity index is 689. The van der Waals surface area contributed by atoms with Gasteiger partial charge in [0, 0.05) is 31.5 Å². The molecule has 0 spiro atoms. The Hall–Kier alpha value is -2.93. The molecule has 0 fully saturated rings. The van der Waals surface area contributed by atoms with E-state index in [4.69, 9.17) is 0 Å². The number of nitrogens with zero attached hydrogens (tertiary/aromatic N) is 2. The van der Waals surface area contributed by atoms with Gasteiger partial charge in [-0.3, -0.25) is 10.1 Å². The van der Waals surface area contributed by atoms with Crippen molar-refractivity contribution in [3.63, 3.8) is 0 Å². The minimum atomic E-state index is -0.496. The number of carbonyl (C=O) groups excluding carboxylic acids is 1. The zero-order valence-corrected chi connectivity index (χ0v) is 13.3. The van der Waals surface area contributed by atoms with E-state index < -0.39 is 4.92 Å². The monoisotopic (exact) mass is 329 g/mol. The molecule has 0 saturated heterocycles. The Morgan fingerprint density at radius 3 is 2.38 bits per heavy atom. The van der Waals surface area contributed by atoms with Crippen molar-refractivity contribution >= 4 is 17.4 Å². The highest BCUT2D eigenvalue weighted by Crippen LogP contribution is 2.24. The minimum Gasteiger partial charge on any atom is -0.396 e. The van der Waals surface area contributed by atoms with Crippen molar-refractivity contribution in [3.8, 4) is 0 Å². The molecule has 126 valence electrons. The molecule has 1 atom stereocenters. The highest BCUT2D eigenvalue weighted by molar-refractivity contribution is 5.89. The third-order valence-electron chi connectivity index (χ3n) is 3.70. The molecule has 2 aromatic carbocycles. The lowest BCUT2D eigenvalue weighted by Crippen LogP contribution is -2.35. The smallest absolute Gasteiger partial charge is 0.322 e. The number of anilines is 1. The lowest BCUT2D eigenvalue weighted by atomic mass is 10.0. The van der Waals surface area contributed by atoms with Crippen molar-refractivity contribution in [1.29, 1.82) is 0 Å². The summed E-state index contributed by atoms with van der Waals surface area (Å²) in [5.74, 6) is 0. The van der Waals surface area contributed by atoms with Gasteiger partial charge in [-0.2, -0.15) is 0 Å². The SMILES string of the molecule is CN(C(=O)Nc1ccc([N+](=O)[O-])cc1)[C@@H](CCO)c1ccccc1. The standard InChI is InChI=1S/C17H19N3O4/c1-19(16(11-12-21)13-5-3-2-4-6-13)17(22)18-14-7-9-15(10-8-14)20(23)24/h2-10,16,21H,11-12H2,1H3,(H,18,22)/t16-/m0/s1. The van der Waals surface area contributed by atoms with Gasteiger partial charge in [-0.25, -0.2) is 4.79 Å². The van der Waals surface area contributed by atoms with Crippen LogP contribution in [-0.2, 0) is 0 Å². The van der Waals surface area contributed by atoms with Gasteiger partial charge in [0.25, 0.3) is 5.69 Å². The largest absolute Gasteiger partial charge is 0.396 e. The predicted octanol–water partition coefficient (Wildman–Crippen LogP) is 3.18. The Morgan fingerprint density at radius 1 is 1.21 bits per heavy atom. The second-order valence-corrected chi connectivity index (χ2v) is 5.28. The topological polar surface area (TPSA) is 95.7 Å². The number of nitrogens with one attached hydrogen (secondary N) is 1. The third kappa shape index (κ3) is 4.30. The number of non-ortho nitro benzene ring substituents is 1. The van der Waals surface area contributed by atoms with Crippen LogP contribution in [0.25, 0.3) is 0 Å². The molecule has 0 aliphatic heterocycles. The normalized spacial score (nSPS) is 11.6. The van der Waals surface area contributed by atoms with Crippen LogP contribution in [0.3, 0.4) is 0 Å². The number of hydrogen-bond acceptors (Lipinski definition) is 4. The molecule has 2 rings (SSSR count). The maximum absolute atomic E-state index is 12.4. The first-order valence-corrected chi connectivity index (χ1v) is 7.47. The molecule has 7 heteroatoms. The first-order valence-electron chi connectivity index (χ1n) is 7.47. The number of hydrogen-bond donors (Lipinski definition) is 2. The van der Waals surface area contributed by atoms with Crippen molar-refractivity contribution in [2.75, 3.05) is 19.0 Å². The molecule has 0 bridgehead atoms. The van der Waals surface area contributed by atoms with Crippen LogP contribution in [0.4, 0.5) is 16.2 Å². The van der Waals surface area contributed by atoms with Crippen molar-refractivity contribution in [2.45, 2.75) is 12.5 Å². The maximum atomic E-state index is 12.4. The van der Waals surface area contributed by atoms with E-state index in [0.29, 0.717) is 12.1 Å². The molecule has 0 saturated carbocycles. The number of urea groups is 1. The molecule has 2 aromatic rings. The molecular formula is C17H19N3O4. The van der Waals surface area contributed by atoms with Crippen molar-refractivity contribution in [3.05, 3.63) is 70.3 Å². The minimum absolute atomic E-state index is 0.0382. The number of amides is 2. The van der Waals surface area contributed by atoms with E-state index in [-0.39, 0.29) is 24.4 Å². The van der Waals surface area contributed by atoms with E-state index in [1.165, 1.54) is 29.2 Å². The number of aliphatic hydroxyl groups is 1. The fraction of sp³-hybridized carbons (Fsp3) is 0.235. The summed E-state index contributed by atoms with van der Waals surface area (Å²) in [6.45, 7) is -0.0469. The zero-order valence-electron chi connectivity index (χ0n) is 13.3. The van der Waals surface area contributed by atoms with Gasteiger partial charge in [0.15, 0.2) is 0 Å². The highest BCUT2D eigenvalue weighted by Gasteiger charge is 2.21. The Morgan fingerprint density at radius 2 is 1.83 bits per heavy atom. The van der Waals surface area contributed by atoms with Crippen LogP contribution < -0.4 is 5.32 Å². The predicted molar refractivity (Wildman–Crippen MR) is 90.8 cm³/mol. The van der Waals surface area contributed by atoms with Crippen LogP contribution >= 0.6 is 0 Å². The molecule has 0 aliphatic rings. The second-order valence-electron chi connectivity index (χ2n) is 5.28. The van der Waals surface area contributed by atoms with E-state index in [2.05, 4.69) is 5.32 Å². The molecule has 0 unspecified atom stereocenters. The summed E-state index contributed by atoms with van der Waals surface area (Å²) < 4.78 is 0. The highest BCUT2D eigenvalue weighted by atomic mass is 16.6. The Balaban J connectivity index is 2.10. The summed E-state index contributed by atoms with van der Waals surface area (Å²) in [6, 6.07) is 14.4. The Kier molecular flexibility index (Phi) is 5.86. The molecular weight excluding hydrogens is 310 g/mol. The molecule has 2 N–H and O–H groups in total. The first-order chi connectivity index (χ1) is 11.5. The van der Waals surface area contributed by atoms with Crippen LogP contribution in [0.5, 0.6) is 0 Å². The van der Waals surface area contributed by atoms with Gasteiger partial charge in [-0.1, -0.05) is 30.3 Å². The molecule has 7 nitrogen and oxygen atoms in total. The second kappa shape index (κ2) is 8.07. The van der Waals surface area contributed by atoms with E-state index in [0.717, 1.165) is 5.56 Å². The van der Waals surface area contributed by atoms with Gasteiger partial charge in [0.1, 0.15) is 0 Å². The van der Waals surface area contributed by atoms with Crippen molar-refractivity contribution in [2.24, 2.45) is 0 Å². The number of carbonyl (C=O) groups is 1. The van der Waals surface area contributed by atoms with Crippen LogP contribution in [0.15, 0.2) is 54.6 Å². The van der Waals surface area contributed by atoms with Crippen molar-refractivity contribution in [1.82, 2.24) is 4.90 Å². The van der Waals surface area contributed by atoms with E-state index in [9.17, 15) is 20.0 Å². The van der Waals surface area contributed by atoms with Gasteiger partial charge in [0.2, 0.25) is 0 Å². The summed E-state index contributed by atoms with van der Waals surface area (Å²) in [4.78, 5) is 24.1. The zero-order chi connectivity index (χ0) is 17.5. The average Bonchev–Trinajstić information content (AvgIpc) is 2.60. The van der Waals surface area contributed by atoms with Crippen LogP contribution in [-0.4, -0.2) is 34.6 Å². The lowest BCUT2D eigenvalue weighted by molar-refractivity contribution is -0.384. The fourth-order valence-electron chi connectivity index (χ4n) is 2.40. The third-order valence-corrected chi connectivity index (χ3v) is 3.70. The molecule has 0 aromatic heterocycles. The summed E-state index contributed by atoms with van der Waals surface area (Å²) in [7, 11) is 1.65. The summed E-state index contributed by atoms with van der Waals surface area (Å²) >= 11 is 0. The van der Waals surface area contributed by atoms with Crippen molar-refractivity contribution < 1.29 is 14.8 Å². The summed E-state index contributed by atoms with van der Waals surface area (Å²) in [5, 5.41) is 22.6. The van der Waals surface area contributed by atoms with Gasteiger partial charge in [0.05, 0.1) is 11.0 Å². The number of rotatable bonds is 6. The molecule has 0 heterocycles. The van der Waals surface area contributed by atoms with E-state index >= 15 is 0 Å². The quantitative estimate of drug-likeness (QED) is 0.628. The molecule has 24 heavy (non-hydrogen) atoms. The molecule has 2 amide bonds. The number of nitro groups is 1. The van der Waals surface area contributed by atoms with E-state index in [1.807, 2.05) is 30.3 Å². The first kappa shape index (κ1) is 17.4. The molecule has 0 radical (unpaired) electrons. The van der Waals surface area contributed by atoms with Gasteiger partial charge < -0.3 is 15.3 Å². The van der Waals surface area contributed by atoms with Gasteiger partial charge in [-0.05, 0) is 24.1 Å². The lowest BCUT2D eigenvalue weighted by Gasteiger charge is -2.28. The maximum Gasteiger partial charge on any atom is 0.322 e.